The minimum Gasteiger partial charge on any atom is -0.373 e. The van der Waals surface area contributed by atoms with E-state index >= 15 is 0 Å². The highest BCUT2D eigenvalue weighted by atomic mass is 16.6. The molecule has 0 aromatic heterocycles. The highest BCUT2D eigenvalue weighted by Gasteiger charge is 2.29. The summed E-state index contributed by atoms with van der Waals surface area (Å²) in [7, 11) is 6.52. The van der Waals surface area contributed by atoms with E-state index < -0.39 is 0 Å². The molecule has 0 aliphatic carbocycles. The second-order valence-electron chi connectivity index (χ2n) is 4.97. The molecule has 3 nitrogen and oxygen atoms in total. The van der Waals surface area contributed by atoms with Gasteiger partial charge in [0.15, 0.2) is 0 Å². The Hall–Kier alpha value is -0.120. The van der Waals surface area contributed by atoms with E-state index in [4.69, 9.17) is 9.47 Å². The summed E-state index contributed by atoms with van der Waals surface area (Å²) >= 11 is 0. The zero-order chi connectivity index (χ0) is 10.1. The summed E-state index contributed by atoms with van der Waals surface area (Å²) in [4.78, 5) is 0. The van der Waals surface area contributed by atoms with Crippen molar-refractivity contribution >= 4 is 0 Å². The van der Waals surface area contributed by atoms with Crippen molar-refractivity contribution in [1.29, 1.82) is 0 Å². The summed E-state index contributed by atoms with van der Waals surface area (Å²) in [6.45, 7) is 5.89. The van der Waals surface area contributed by atoms with Gasteiger partial charge in [0, 0.05) is 0 Å². The zero-order valence-electron chi connectivity index (χ0n) is 9.41. The average molecular weight is 188 g/mol. The Balaban J connectivity index is 2.38. The molecule has 78 valence electrons. The standard InChI is InChI=1S/C10H22NO2/c1-8-9(2)13-10(7-12-8)6-11(3,4)5/h8-10H,6-7H2,1-5H3/q+1/t8-,9+,10+/m0/s1. The fourth-order valence-electron chi connectivity index (χ4n) is 1.55. The molecule has 0 saturated carbocycles. The maximum atomic E-state index is 5.83. The van der Waals surface area contributed by atoms with E-state index in [-0.39, 0.29) is 18.3 Å². The predicted molar refractivity (Wildman–Crippen MR) is 52.6 cm³/mol. The largest absolute Gasteiger partial charge is 0.373 e. The van der Waals surface area contributed by atoms with Crippen molar-refractivity contribution in [3.05, 3.63) is 0 Å². The normalized spacial score (nSPS) is 36.2. The minimum atomic E-state index is 0.227. The molecule has 0 radical (unpaired) electrons. The van der Waals surface area contributed by atoms with Gasteiger partial charge in [-0.2, -0.15) is 0 Å². The first-order valence-corrected chi connectivity index (χ1v) is 4.96. The molecule has 1 rings (SSSR count). The molecule has 0 unspecified atom stereocenters. The SMILES string of the molecule is C[C@@H]1OC[C@@H](C[N+](C)(C)C)O[C@@H]1C. The van der Waals surface area contributed by atoms with Gasteiger partial charge in [-0.25, -0.2) is 0 Å². The van der Waals surface area contributed by atoms with Crippen LogP contribution in [0.4, 0.5) is 0 Å². The van der Waals surface area contributed by atoms with E-state index in [0.29, 0.717) is 0 Å². The van der Waals surface area contributed by atoms with E-state index in [0.717, 1.165) is 17.6 Å². The van der Waals surface area contributed by atoms with Crippen molar-refractivity contribution in [3.8, 4) is 0 Å². The molecular weight excluding hydrogens is 166 g/mol. The molecule has 0 aromatic rings. The first-order valence-electron chi connectivity index (χ1n) is 4.96. The molecule has 1 fully saturated rings. The highest BCUT2D eigenvalue weighted by Crippen LogP contribution is 2.15. The maximum absolute atomic E-state index is 5.83. The fourth-order valence-corrected chi connectivity index (χ4v) is 1.55. The Bertz CT molecular complexity index is 165. The summed E-state index contributed by atoms with van der Waals surface area (Å²) in [5, 5.41) is 0. The molecule has 0 spiro atoms. The number of rotatable bonds is 2. The van der Waals surface area contributed by atoms with Gasteiger partial charge in [-0.1, -0.05) is 0 Å². The van der Waals surface area contributed by atoms with E-state index in [9.17, 15) is 0 Å². The van der Waals surface area contributed by atoms with E-state index in [1.165, 1.54) is 0 Å². The van der Waals surface area contributed by atoms with Gasteiger partial charge >= 0.3 is 0 Å². The van der Waals surface area contributed by atoms with Crippen LogP contribution in [0.2, 0.25) is 0 Å². The Morgan fingerprint density at radius 3 is 2.23 bits per heavy atom. The second kappa shape index (κ2) is 3.95. The van der Waals surface area contributed by atoms with Gasteiger partial charge in [-0.3, -0.25) is 0 Å². The topological polar surface area (TPSA) is 18.5 Å². The summed E-state index contributed by atoms with van der Waals surface area (Å²) in [5.74, 6) is 0. The van der Waals surface area contributed by atoms with Gasteiger partial charge < -0.3 is 14.0 Å². The predicted octanol–water partition coefficient (Wildman–Crippen LogP) is 0.885. The lowest BCUT2D eigenvalue weighted by molar-refractivity contribution is -0.874. The molecule has 1 aliphatic rings. The van der Waals surface area contributed by atoms with Crippen LogP contribution in [0.5, 0.6) is 0 Å². The average Bonchev–Trinajstić information content (AvgIpc) is 1.94. The Morgan fingerprint density at radius 1 is 1.15 bits per heavy atom. The smallest absolute Gasteiger partial charge is 0.130 e. The highest BCUT2D eigenvalue weighted by molar-refractivity contribution is 4.70. The molecule has 0 aromatic carbocycles. The number of likely N-dealkylation sites (N-methyl/N-ethyl adjacent to an activating group) is 1. The Labute approximate surface area is 81.2 Å². The summed E-state index contributed by atoms with van der Waals surface area (Å²) in [6, 6.07) is 0. The Kier molecular flexibility index (Phi) is 3.33. The summed E-state index contributed by atoms with van der Waals surface area (Å²) in [6.07, 6.45) is 0.722. The van der Waals surface area contributed by atoms with E-state index in [2.05, 4.69) is 35.0 Å². The molecule has 1 saturated heterocycles. The molecule has 0 bridgehead atoms. The van der Waals surface area contributed by atoms with Crippen LogP contribution in [-0.2, 0) is 9.47 Å². The van der Waals surface area contributed by atoms with Crippen LogP contribution in [0.1, 0.15) is 13.8 Å². The van der Waals surface area contributed by atoms with E-state index in [1.54, 1.807) is 0 Å². The third kappa shape index (κ3) is 3.63. The summed E-state index contributed by atoms with van der Waals surface area (Å²) in [5.41, 5.74) is 0. The van der Waals surface area contributed by atoms with Crippen LogP contribution in [0.25, 0.3) is 0 Å². The Morgan fingerprint density at radius 2 is 1.77 bits per heavy atom. The molecular formula is C10H22NO2+. The lowest BCUT2D eigenvalue weighted by atomic mass is 10.2. The van der Waals surface area contributed by atoms with Crippen molar-refractivity contribution in [3.63, 3.8) is 0 Å². The van der Waals surface area contributed by atoms with Gasteiger partial charge in [0.2, 0.25) is 0 Å². The van der Waals surface area contributed by atoms with Crippen molar-refractivity contribution in [2.75, 3.05) is 34.3 Å². The van der Waals surface area contributed by atoms with Crippen LogP contribution in [0.3, 0.4) is 0 Å². The summed E-state index contributed by atoms with van der Waals surface area (Å²) < 4.78 is 12.4. The monoisotopic (exact) mass is 188 g/mol. The number of ether oxygens (including phenoxy) is 2. The first kappa shape index (κ1) is 11.0. The molecule has 0 amide bonds. The molecule has 1 heterocycles. The lowest BCUT2D eigenvalue weighted by Crippen LogP contribution is -2.49. The van der Waals surface area contributed by atoms with E-state index in [1.807, 2.05) is 0 Å². The van der Waals surface area contributed by atoms with Crippen LogP contribution < -0.4 is 0 Å². The third-order valence-corrected chi connectivity index (χ3v) is 2.36. The molecule has 0 N–H and O–H groups in total. The van der Waals surface area contributed by atoms with Crippen LogP contribution in [-0.4, -0.2) is 57.1 Å². The van der Waals surface area contributed by atoms with Gasteiger partial charge in [0.05, 0.1) is 40.0 Å². The molecule has 1 aliphatic heterocycles. The number of quaternary nitrogens is 1. The number of hydrogen-bond donors (Lipinski definition) is 0. The number of nitrogens with zero attached hydrogens (tertiary/aromatic N) is 1. The van der Waals surface area contributed by atoms with Gasteiger partial charge in [-0.05, 0) is 13.8 Å². The maximum Gasteiger partial charge on any atom is 0.130 e. The van der Waals surface area contributed by atoms with Crippen LogP contribution >= 0.6 is 0 Å². The zero-order valence-corrected chi connectivity index (χ0v) is 9.41. The van der Waals surface area contributed by atoms with Crippen LogP contribution in [0.15, 0.2) is 0 Å². The third-order valence-electron chi connectivity index (χ3n) is 2.36. The molecule has 3 heteroatoms. The van der Waals surface area contributed by atoms with Gasteiger partial charge in [0.1, 0.15) is 12.6 Å². The van der Waals surface area contributed by atoms with Gasteiger partial charge in [-0.15, -0.1) is 0 Å². The fraction of sp³-hybridized carbons (Fsp3) is 1.00. The molecule has 3 atom stereocenters. The van der Waals surface area contributed by atoms with Crippen molar-refractivity contribution in [2.24, 2.45) is 0 Å². The van der Waals surface area contributed by atoms with Crippen molar-refractivity contribution < 1.29 is 14.0 Å². The second-order valence-corrected chi connectivity index (χ2v) is 4.97. The lowest BCUT2D eigenvalue weighted by Gasteiger charge is -2.36. The van der Waals surface area contributed by atoms with Gasteiger partial charge in [0.25, 0.3) is 0 Å². The minimum absolute atomic E-state index is 0.227. The van der Waals surface area contributed by atoms with Crippen molar-refractivity contribution in [1.82, 2.24) is 0 Å². The van der Waals surface area contributed by atoms with Crippen LogP contribution in [0, 0.1) is 0 Å². The molecule has 13 heavy (non-hydrogen) atoms. The first-order chi connectivity index (χ1) is 5.88. The quantitative estimate of drug-likeness (QED) is 0.599. The van der Waals surface area contributed by atoms with Crippen molar-refractivity contribution in [2.45, 2.75) is 32.2 Å². The number of hydrogen-bond acceptors (Lipinski definition) is 2.